The minimum atomic E-state index is 0.135. The highest BCUT2D eigenvalue weighted by Crippen LogP contribution is 2.22. The first-order chi connectivity index (χ1) is 7.29. The first kappa shape index (κ1) is 11.9. The molecule has 0 aliphatic heterocycles. The Hall–Kier alpha value is -1.20. The summed E-state index contributed by atoms with van der Waals surface area (Å²) in [4.78, 5) is 0.991. The lowest BCUT2D eigenvalue weighted by molar-refractivity contribution is 0.218. The third-order valence-electron chi connectivity index (χ3n) is 1.82. The lowest BCUT2D eigenvalue weighted by Crippen LogP contribution is -2.14. The molecule has 1 rings (SSSR count). The molecule has 0 saturated heterocycles. The third kappa shape index (κ3) is 3.45. The fraction of sp³-hybridized carbons (Fsp3) is 0.300. The number of nitrogens with zero attached hydrogens (tertiary/aromatic N) is 1. The van der Waals surface area contributed by atoms with Crippen LogP contribution in [0.5, 0.6) is 0 Å². The van der Waals surface area contributed by atoms with Gasteiger partial charge in [-0.1, -0.05) is 23.4 Å². The number of hydrogen-bond acceptors (Lipinski definition) is 4. The zero-order valence-corrected chi connectivity index (χ0v) is 9.33. The van der Waals surface area contributed by atoms with Gasteiger partial charge >= 0.3 is 0 Å². The first-order valence-corrected chi connectivity index (χ1v) is 5.46. The molecule has 0 saturated carbocycles. The van der Waals surface area contributed by atoms with Crippen molar-refractivity contribution in [3.05, 3.63) is 29.8 Å². The predicted octanol–water partition coefficient (Wildman–Crippen LogP) is 1.52. The molecule has 0 aliphatic carbocycles. The van der Waals surface area contributed by atoms with Gasteiger partial charge in [0.05, 0.1) is 6.61 Å². The number of rotatable bonds is 5. The molecule has 0 radical (unpaired) electrons. The molecule has 0 atom stereocenters. The van der Waals surface area contributed by atoms with E-state index < -0.39 is 0 Å². The van der Waals surface area contributed by atoms with Crippen LogP contribution in [0, 0.1) is 0 Å². The van der Waals surface area contributed by atoms with Gasteiger partial charge < -0.3 is 15.7 Å². The average molecular weight is 226 g/mol. The van der Waals surface area contributed by atoms with Gasteiger partial charge in [-0.3, -0.25) is 0 Å². The van der Waals surface area contributed by atoms with E-state index in [4.69, 9.17) is 15.7 Å². The predicted molar refractivity (Wildman–Crippen MR) is 61.6 cm³/mol. The maximum Gasteiger partial charge on any atom is 0.171 e. The zero-order valence-electron chi connectivity index (χ0n) is 8.51. The van der Waals surface area contributed by atoms with E-state index in [1.54, 1.807) is 18.9 Å². The van der Waals surface area contributed by atoms with E-state index in [2.05, 4.69) is 5.16 Å². The van der Waals surface area contributed by atoms with Gasteiger partial charge in [0.15, 0.2) is 5.84 Å². The summed E-state index contributed by atoms with van der Waals surface area (Å²) in [5.74, 6) is 0.974. The zero-order chi connectivity index (χ0) is 11.1. The van der Waals surface area contributed by atoms with Crippen LogP contribution in [0.3, 0.4) is 0 Å². The normalized spacial score (nSPS) is 11.7. The molecule has 0 fully saturated rings. The second-order valence-corrected chi connectivity index (χ2v) is 3.96. The van der Waals surface area contributed by atoms with Gasteiger partial charge in [-0.2, -0.15) is 0 Å². The number of oxime groups is 1. The maximum atomic E-state index is 8.61. The van der Waals surface area contributed by atoms with Crippen molar-refractivity contribution >= 4 is 17.6 Å². The van der Waals surface area contributed by atoms with Crippen LogP contribution >= 0.6 is 11.8 Å². The fourth-order valence-electron chi connectivity index (χ4n) is 1.09. The van der Waals surface area contributed by atoms with Gasteiger partial charge in [0.2, 0.25) is 0 Å². The molecule has 0 unspecified atom stereocenters. The van der Waals surface area contributed by atoms with Crippen LogP contribution in [-0.2, 0) is 4.74 Å². The van der Waals surface area contributed by atoms with Crippen LogP contribution < -0.4 is 5.73 Å². The number of ether oxygens (including phenoxy) is 1. The van der Waals surface area contributed by atoms with Crippen molar-refractivity contribution in [2.75, 3.05) is 19.5 Å². The van der Waals surface area contributed by atoms with Crippen molar-refractivity contribution in [1.29, 1.82) is 0 Å². The van der Waals surface area contributed by atoms with Gasteiger partial charge in [0.1, 0.15) is 0 Å². The summed E-state index contributed by atoms with van der Waals surface area (Å²) in [6.07, 6.45) is 0. The van der Waals surface area contributed by atoms with Crippen molar-refractivity contribution in [3.8, 4) is 0 Å². The molecule has 4 nitrogen and oxygen atoms in total. The molecule has 3 N–H and O–H groups in total. The molecule has 82 valence electrons. The Kier molecular flexibility index (Phi) is 5.00. The molecule has 0 heterocycles. The molecule has 0 amide bonds. The Labute approximate surface area is 93.1 Å². The third-order valence-corrected chi connectivity index (χ3v) is 2.85. The summed E-state index contributed by atoms with van der Waals surface area (Å²) in [7, 11) is 1.66. The minimum Gasteiger partial charge on any atom is -0.409 e. The van der Waals surface area contributed by atoms with Crippen molar-refractivity contribution in [3.63, 3.8) is 0 Å². The Bertz CT molecular complexity index is 342. The van der Waals surface area contributed by atoms with Crippen LogP contribution in [0.2, 0.25) is 0 Å². The highest BCUT2D eigenvalue weighted by Gasteiger charge is 2.05. The summed E-state index contributed by atoms with van der Waals surface area (Å²) in [5.41, 5.74) is 6.31. The molecular weight excluding hydrogens is 212 g/mol. The average Bonchev–Trinajstić information content (AvgIpc) is 2.29. The molecule has 0 aliphatic rings. The van der Waals surface area contributed by atoms with Crippen LogP contribution in [0.1, 0.15) is 5.56 Å². The number of benzene rings is 1. The van der Waals surface area contributed by atoms with Gasteiger partial charge in [-0.15, -0.1) is 11.8 Å². The van der Waals surface area contributed by atoms with Gasteiger partial charge in [-0.25, -0.2) is 0 Å². The van der Waals surface area contributed by atoms with E-state index in [0.717, 1.165) is 16.2 Å². The molecule has 0 bridgehead atoms. The first-order valence-electron chi connectivity index (χ1n) is 4.48. The van der Waals surface area contributed by atoms with Crippen molar-refractivity contribution < 1.29 is 9.94 Å². The monoisotopic (exact) mass is 226 g/mol. The summed E-state index contributed by atoms with van der Waals surface area (Å²) in [5, 5.41) is 11.6. The Morgan fingerprint density at radius 3 is 2.93 bits per heavy atom. The van der Waals surface area contributed by atoms with E-state index in [1.807, 2.05) is 24.3 Å². The molecule has 1 aromatic rings. The fourth-order valence-corrected chi connectivity index (χ4v) is 2.07. The smallest absolute Gasteiger partial charge is 0.171 e. The van der Waals surface area contributed by atoms with Gasteiger partial charge in [0, 0.05) is 23.3 Å². The summed E-state index contributed by atoms with van der Waals surface area (Å²) in [6.45, 7) is 0.676. The minimum absolute atomic E-state index is 0.135. The van der Waals surface area contributed by atoms with Crippen molar-refractivity contribution in [2.24, 2.45) is 10.9 Å². The van der Waals surface area contributed by atoms with Crippen molar-refractivity contribution in [2.45, 2.75) is 4.90 Å². The number of nitrogens with two attached hydrogens (primary N) is 1. The molecule has 5 heteroatoms. The summed E-state index contributed by atoms with van der Waals surface area (Å²) < 4.78 is 4.96. The molecular formula is C10H14N2O2S. The number of thioether (sulfide) groups is 1. The van der Waals surface area contributed by atoms with E-state index in [-0.39, 0.29) is 5.84 Å². The number of methoxy groups -OCH3 is 1. The lowest BCUT2D eigenvalue weighted by Gasteiger charge is -2.06. The van der Waals surface area contributed by atoms with Gasteiger partial charge in [-0.05, 0) is 6.07 Å². The highest BCUT2D eigenvalue weighted by molar-refractivity contribution is 7.99. The quantitative estimate of drug-likeness (QED) is 0.199. The summed E-state index contributed by atoms with van der Waals surface area (Å²) >= 11 is 1.62. The van der Waals surface area contributed by atoms with E-state index in [9.17, 15) is 0 Å². The van der Waals surface area contributed by atoms with Crippen molar-refractivity contribution in [1.82, 2.24) is 0 Å². The van der Waals surface area contributed by atoms with Crippen LogP contribution in [0.15, 0.2) is 34.3 Å². The Balaban J connectivity index is 2.77. The Morgan fingerprint density at radius 1 is 1.53 bits per heavy atom. The topological polar surface area (TPSA) is 67.8 Å². The van der Waals surface area contributed by atoms with Crippen LogP contribution in [-0.4, -0.2) is 30.5 Å². The highest BCUT2D eigenvalue weighted by atomic mass is 32.2. The number of hydrogen-bond donors (Lipinski definition) is 2. The molecule has 0 spiro atoms. The molecule has 0 aromatic heterocycles. The number of amidine groups is 1. The Morgan fingerprint density at radius 2 is 2.27 bits per heavy atom. The maximum absolute atomic E-state index is 8.61. The van der Waals surface area contributed by atoms with E-state index in [1.165, 1.54) is 0 Å². The second kappa shape index (κ2) is 6.31. The largest absolute Gasteiger partial charge is 0.409 e. The molecule has 15 heavy (non-hydrogen) atoms. The van der Waals surface area contributed by atoms with Crippen LogP contribution in [0.4, 0.5) is 0 Å². The SMILES string of the molecule is COCCSc1ccccc1/C(N)=N/O. The standard InChI is InChI=1S/C10H14N2O2S/c1-14-6-7-15-9-5-3-2-4-8(9)10(11)12-13/h2-5,13H,6-7H2,1H3,(H2,11,12). The van der Waals surface area contributed by atoms with E-state index >= 15 is 0 Å². The summed E-state index contributed by atoms with van der Waals surface area (Å²) in [6, 6.07) is 7.54. The second-order valence-electron chi connectivity index (χ2n) is 2.82. The lowest BCUT2D eigenvalue weighted by atomic mass is 10.2. The van der Waals surface area contributed by atoms with Gasteiger partial charge in [0.25, 0.3) is 0 Å². The van der Waals surface area contributed by atoms with Crippen LogP contribution in [0.25, 0.3) is 0 Å². The molecule has 1 aromatic carbocycles. The van der Waals surface area contributed by atoms with E-state index in [0.29, 0.717) is 6.61 Å².